The van der Waals surface area contributed by atoms with Crippen molar-refractivity contribution in [1.82, 2.24) is 9.80 Å². The van der Waals surface area contributed by atoms with Crippen molar-refractivity contribution in [1.29, 1.82) is 0 Å². The first-order chi connectivity index (χ1) is 8.84. The summed E-state index contributed by atoms with van der Waals surface area (Å²) in [6.07, 6.45) is 1.55. The Morgan fingerprint density at radius 2 is 1.63 bits per heavy atom. The van der Waals surface area contributed by atoms with Gasteiger partial charge in [0.15, 0.2) is 0 Å². The van der Waals surface area contributed by atoms with Gasteiger partial charge in [0.1, 0.15) is 6.10 Å². The summed E-state index contributed by atoms with van der Waals surface area (Å²) in [6, 6.07) is 0.623. The first-order valence-corrected chi connectivity index (χ1v) is 7.55. The molecule has 1 unspecified atom stereocenters. The van der Waals surface area contributed by atoms with Crippen molar-refractivity contribution in [3.8, 4) is 0 Å². The Morgan fingerprint density at radius 3 is 2.05 bits per heavy atom. The Labute approximate surface area is 116 Å². The maximum Gasteiger partial charge on any atom is 0.251 e. The molecule has 0 aliphatic carbocycles. The second-order valence-electron chi connectivity index (χ2n) is 7.01. The van der Waals surface area contributed by atoms with Gasteiger partial charge in [0.05, 0.1) is 0 Å². The van der Waals surface area contributed by atoms with Crippen LogP contribution in [0.5, 0.6) is 0 Å². The minimum Gasteiger partial charge on any atom is -0.383 e. The molecule has 2 fully saturated rings. The molecule has 1 atom stereocenters. The third kappa shape index (κ3) is 2.95. The fraction of sp³-hybridized carbons (Fsp3) is 0.933. The number of aliphatic hydroxyl groups is 1. The van der Waals surface area contributed by atoms with E-state index in [0.29, 0.717) is 11.5 Å². The highest BCUT2D eigenvalue weighted by Gasteiger charge is 2.47. The largest absolute Gasteiger partial charge is 0.383 e. The molecule has 0 radical (unpaired) electrons. The molecule has 1 spiro atoms. The summed E-state index contributed by atoms with van der Waals surface area (Å²) >= 11 is 0. The number of piperidine rings is 1. The number of carbonyl (C=O) groups is 1. The van der Waals surface area contributed by atoms with Gasteiger partial charge in [-0.05, 0) is 45.7 Å². The van der Waals surface area contributed by atoms with Crippen LogP contribution in [-0.4, -0.2) is 59.1 Å². The second kappa shape index (κ2) is 5.41. The molecule has 0 aromatic heterocycles. The first-order valence-electron chi connectivity index (χ1n) is 7.55. The van der Waals surface area contributed by atoms with Crippen LogP contribution in [0.3, 0.4) is 0 Å². The third-order valence-corrected chi connectivity index (χ3v) is 4.84. The van der Waals surface area contributed by atoms with Crippen LogP contribution in [0.25, 0.3) is 0 Å². The van der Waals surface area contributed by atoms with E-state index in [-0.39, 0.29) is 11.8 Å². The summed E-state index contributed by atoms with van der Waals surface area (Å²) in [5.41, 5.74) is 0.345. The van der Waals surface area contributed by atoms with E-state index in [1.165, 1.54) is 12.8 Å². The Balaban J connectivity index is 1.82. The van der Waals surface area contributed by atoms with Crippen molar-refractivity contribution in [2.45, 2.75) is 52.7 Å². The van der Waals surface area contributed by atoms with E-state index in [2.05, 4.69) is 18.7 Å². The zero-order valence-corrected chi connectivity index (χ0v) is 12.7. The monoisotopic (exact) mass is 268 g/mol. The summed E-state index contributed by atoms with van der Waals surface area (Å²) in [5.74, 6) is -0.0706. The molecule has 0 aromatic carbocycles. The minimum atomic E-state index is -0.826. The van der Waals surface area contributed by atoms with Crippen molar-refractivity contribution in [2.24, 2.45) is 11.3 Å². The fourth-order valence-corrected chi connectivity index (χ4v) is 3.22. The SMILES string of the molecule is CC(C)C(O)C(=O)N1CC2(CCN(C(C)C)CC2)C1. The topological polar surface area (TPSA) is 43.8 Å². The third-order valence-electron chi connectivity index (χ3n) is 4.84. The minimum absolute atomic E-state index is 0.00633. The molecule has 2 aliphatic rings. The van der Waals surface area contributed by atoms with E-state index in [1.54, 1.807) is 0 Å². The molecule has 2 heterocycles. The molecular weight excluding hydrogens is 240 g/mol. The molecule has 0 bridgehead atoms. The number of hydrogen-bond acceptors (Lipinski definition) is 3. The molecule has 2 aliphatic heterocycles. The van der Waals surface area contributed by atoms with E-state index in [9.17, 15) is 9.90 Å². The Bertz CT molecular complexity index is 325. The van der Waals surface area contributed by atoms with Crippen molar-refractivity contribution in [3.05, 3.63) is 0 Å². The van der Waals surface area contributed by atoms with Gasteiger partial charge in [-0.1, -0.05) is 13.8 Å². The predicted molar refractivity (Wildman–Crippen MR) is 75.8 cm³/mol. The molecule has 1 amide bonds. The number of hydrogen-bond donors (Lipinski definition) is 1. The van der Waals surface area contributed by atoms with Gasteiger partial charge >= 0.3 is 0 Å². The van der Waals surface area contributed by atoms with E-state index in [1.807, 2.05) is 18.7 Å². The number of likely N-dealkylation sites (tertiary alicyclic amines) is 2. The molecule has 0 aromatic rings. The van der Waals surface area contributed by atoms with Crippen molar-refractivity contribution in [3.63, 3.8) is 0 Å². The maximum absolute atomic E-state index is 12.0. The second-order valence-corrected chi connectivity index (χ2v) is 7.01. The quantitative estimate of drug-likeness (QED) is 0.840. The highest BCUT2D eigenvalue weighted by atomic mass is 16.3. The Hall–Kier alpha value is -0.610. The van der Waals surface area contributed by atoms with E-state index < -0.39 is 6.10 Å². The van der Waals surface area contributed by atoms with Gasteiger partial charge in [-0.2, -0.15) is 0 Å². The average molecular weight is 268 g/mol. The van der Waals surface area contributed by atoms with Gasteiger partial charge in [-0.25, -0.2) is 0 Å². The predicted octanol–water partition coefficient (Wildman–Crippen LogP) is 1.34. The molecule has 1 N–H and O–H groups in total. The average Bonchev–Trinajstić information content (AvgIpc) is 2.34. The smallest absolute Gasteiger partial charge is 0.251 e. The molecule has 19 heavy (non-hydrogen) atoms. The normalized spacial score (nSPS) is 24.9. The molecule has 4 nitrogen and oxygen atoms in total. The lowest BCUT2D eigenvalue weighted by Crippen LogP contribution is -2.64. The lowest BCUT2D eigenvalue weighted by atomic mass is 9.71. The van der Waals surface area contributed by atoms with Crippen LogP contribution < -0.4 is 0 Å². The summed E-state index contributed by atoms with van der Waals surface area (Å²) in [6.45, 7) is 12.3. The Morgan fingerprint density at radius 1 is 1.11 bits per heavy atom. The zero-order valence-electron chi connectivity index (χ0n) is 12.7. The number of amides is 1. The summed E-state index contributed by atoms with van der Waals surface area (Å²) in [4.78, 5) is 16.4. The summed E-state index contributed by atoms with van der Waals surface area (Å²) in [5, 5.41) is 9.83. The van der Waals surface area contributed by atoms with Crippen molar-refractivity contribution in [2.75, 3.05) is 26.2 Å². The number of rotatable bonds is 3. The molecule has 110 valence electrons. The molecule has 2 saturated heterocycles. The van der Waals surface area contributed by atoms with Crippen LogP contribution in [-0.2, 0) is 4.79 Å². The number of aliphatic hydroxyl groups excluding tert-OH is 1. The maximum atomic E-state index is 12.0. The van der Waals surface area contributed by atoms with Gasteiger partial charge in [0.25, 0.3) is 5.91 Å². The zero-order chi connectivity index (χ0) is 14.2. The molecule has 0 saturated carbocycles. The van der Waals surface area contributed by atoms with Gasteiger partial charge in [0, 0.05) is 24.5 Å². The van der Waals surface area contributed by atoms with Crippen LogP contribution in [0.4, 0.5) is 0 Å². The van der Waals surface area contributed by atoms with Crippen molar-refractivity contribution < 1.29 is 9.90 Å². The summed E-state index contributed by atoms with van der Waals surface area (Å²) < 4.78 is 0. The molecular formula is C15H28N2O2. The van der Waals surface area contributed by atoms with Crippen LogP contribution in [0.2, 0.25) is 0 Å². The highest BCUT2D eigenvalue weighted by Crippen LogP contribution is 2.41. The molecule has 2 rings (SSSR count). The highest BCUT2D eigenvalue weighted by molar-refractivity contribution is 5.81. The van der Waals surface area contributed by atoms with Gasteiger partial charge in [-0.15, -0.1) is 0 Å². The van der Waals surface area contributed by atoms with E-state index >= 15 is 0 Å². The fourth-order valence-electron chi connectivity index (χ4n) is 3.22. The van der Waals surface area contributed by atoms with E-state index in [4.69, 9.17) is 0 Å². The summed E-state index contributed by atoms with van der Waals surface area (Å²) in [7, 11) is 0. The van der Waals surface area contributed by atoms with Crippen LogP contribution in [0, 0.1) is 11.3 Å². The standard InChI is InChI=1S/C15H28N2O2/c1-11(2)13(18)14(19)17-9-15(10-17)5-7-16(8-6-15)12(3)4/h11-13,18H,5-10H2,1-4H3. The van der Waals surface area contributed by atoms with Crippen LogP contribution >= 0.6 is 0 Å². The van der Waals surface area contributed by atoms with Crippen LogP contribution in [0.15, 0.2) is 0 Å². The lowest BCUT2D eigenvalue weighted by Gasteiger charge is -2.55. The Kier molecular flexibility index (Phi) is 4.21. The van der Waals surface area contributed by atoms with E-state index in [0.717, 1.165) is 26.2 Å². The lowest BCUT2D eigenvalue weighted by molar-refractivity contribution is -0.158. The van der Waals surface area contributed by atoms with Gasteiger partial charge in [-0.3, -0.25) is 4.79 Å². The van der Waals surface area contributed by atoms with Crippen molar-refractivity contribution >= 4 is 5.91 Å². The van der Waals surface area contributed by atoms with Gasteiger partial charge in [0.2, 0.25) is 0 Å². The number of carbonyl (C=O) groups excluding carboxylic acids is 1. The van der Waals surface area contributed by atoms with Crippen LogP contribution in [0.1, 0.15) is 40.5 Å². The van der Waals surface area contributed by atoms with Gasteiger partial charge < -0.3 is 14.9 Å². The number of nitrogens with zero attached hydrogens (tertiary/aromatic N) is 2. The molecule has 4 heteroatoms. The first kappa shape index (κ1) is 14.8.